The highest BCUT2D eigenvalue weighted by Crippen LogP contribution is 2.42. The number of aliphatic hydroxyl groups excluding tert-OH is 1. The molecule has 30 heavy (non-hydrogen) atoms. The van der Waals surface area contributed by atoms with Crippen molar-refractivity contribution in [2.45, 2.75) is 6.04 Å². The number of nitrogens with zero attached hydrogens (tertiary/aromatic N) is 1. The molecule has 0 radical (unpaired) electrons. The van der Waals surface area contributed by atoms with Gasteiger partial charge in [0.1, 0.15) is 5.76 Å². The SMILES string of the molecule is COCCN1C(=O)C(=O)/C(=C(/O)c2cc(Cl)c(OC)c(Cl)c2)C1c1ccc(Cl)cc1. The first-order valence-electron chi connectivity index (χ1n) is 8.86. The number of amides is 1. The largest absolute Gasteiger partial charge is 0.507 e. The maximum absolute atomic E-state index is 12.9. The van der Waals surface area contributed by atoms with Gasteiger partial charge in [-0.3, -0.25) is 9.59 Å². The highest BCUT2D eigenvalue weighted by atomic mass is 35.5. The van der Waals surface area contributed by atoms with Crippen LogP contribution < -0.4 is 4.74 Å². The Morgan fingerprint density at radius 3 is 2.20 bits per heavy atom. The van der Waals surface area contributed by atoms with Gasteiger partial charge in [-0.1, -0.05) is 46.9 Å². The molecular formula is C21H18Cl3NO5. The van der Waals surface area contributed by atoms with E-state index >= 15 is 0 Å². The average Bonchev–Trinajstić information content (AvgIpc) is 2.96. The average molecular weight is 471 g/mol. The Hall–Kier alpha value is -2.25. The Kier molecular flexibility index (Phi) is 6.93. The van der Waals surface area contributed by atoms with Gasteiger partial charge in [-0.2, -0.15) is 0 Å². The minimum atomic E-state index is -0.822. The van der Waals surface area contributed by atoms with E-state index in [9.17, 15) is 14.7 Å². The molecule has 9 heteroatoms. The molecule has 1 N–H and O–H groups in total. The van der Waals surface area contributed by atoms with Crippen molar-refractivity contribution in [1.82, 2.24) is 4.90 Å². The summed E-state index contributed by atoms with van der Waals surface area (Å²) in [7, 11) is 2.91. The van der Waals surface area contributed by atoms with Crippen molar-refractivity contribution < 1.29 is 24.2 Å². The van der Waals surface area contributed by atoms with Gasteiger partial charge in [-0.25, -0.2) is 0 Å². The van der Waals surface area contributed by atoms with E-state index in [1.165, 1.54) is 31.3 Å². The van der Waals surface area contributed by atoms with Gasteiger partial charge < -0.3 is 19.5 Å². The Bertz CT molecular complexity index is 997. The van der Waals surface area contributed by atoms with E-state index in [-0.39, 0.29) is 45.8 Å². The lowest BCUT2D eigenvalue weighted by Crippen LogP contribution is -2.32. The van der Waals surface area contributed by atoms with Crippen LogP contribution >= 0.6 is 34.8 Å². The van der Waals surface area contributed by atoms with E-state index in [1.807, 2.05) is 0 Å². The van der Waals surface area contributed by atoms with Crippen molar-refractivity contribution in [3.05, 3.63) is 68.2 Å². The van der Waals surface area contributed by atoms with Gasteiger partial charge in [-0.15, -0.1) is 0 Å². The number of carbonyl (C=O) groups is 2. The van der Waals surface area contributed by atoms with Gasteiger partial charge in [0.05, 0.1) is 35.4 Å². The summed E-state index contributed by atoms with van der Waals surface area (Å²) in [6.07, 6.45) is 0. The summed E-state index contributed by atoms with van der Waals surface area (Å²) in [5.41, 5.74) is 0.729. The van der Waals surface area contributed by atoms with Crippen LogP contribution in [0, 0.1) is 0 Å². The molecule has 1 fully saturated rings. The summed E-state index contributed by atoms with van der Waals surface area (Å²) in [6.45, 7) is 0.382. The van der Waals surface area contributed by atoms with Crippen molar-refractivity contribution in [1.29, 1.82) is 0 Å². The predicted octanol–water partition coefficient (Wildman–Crippen LogP) is 4.72. The minimum Gasteiger partial charge on any atom is -0.507 e. The Balaban J connectivity index is 2.19. The molecule has 1 atom stereocenters. The molecule has 2 aromatic rings. The maximum Gasteiger partial charge on any atom is 0.295 e. The number of ether oxygens (including phenoxy) is 2. The quantitative estimate of drug-likeness (QED) is 0.375. The number of carbonyl (C=O) groups excluding carboxylic acids is 2. The van der Waals surface area contributed by atoms with Crippen LogP contribution in [0.2, 0.25) is 15.1 Å². The van der Waals surface area contributed by atoms with Gasteiger partial charge in [0.2, 0.25) is 0 Å². The molecule has 0 bridgehead atoms. The summed E-state index contributed by atoms with van der Waals surface area (Å²) in [5.74, 6) is -1.70. The Morgan fingerprint density at radius 2 is 1.67 bits per heavy atom. The molecule has 1 unspecified atom stereocenters. The second kappa shape index (κ2) is 9.27. The summed E-state index contributed by atoms with van der Waals surface area (Å²) in [6, 6.07) is 8.70. The fourth-order valence-electron chi connectivity index (χ4n) is 3.34. The number of Topliss-reactive ketones (excluding diaryl/α,β-unsaturated/α-hetero) is 1. The first kappa shape index (κ1) is 22.4. The second-order valence-electron chi connectivity index (χ2n) is 6.51. The zero-order chi connectivity index (χ0) is 22.0. The summed E-state index contributed by atoms with van der Waals surface area (Å²) >= 11 is 18.3. The van der Waals surface area contributed by atoms with Gasteiger partial charge in [-0.05, 0) is 29.8 Å². The normalized spacial score (nSPS) is 18.2. The predicted molar refractivity (Wildman–Crippen MR) is 115 cm³/mol. The van der Waals surface area contributed by atoms with Crippen molar-refractivity contribution in [3.8, 4) is 5.75 Å². The monoisotopic (exact) mass is 469 g/mol. The third-order valence-electron chi connectivity index (χ3n) is 4.74. The molecule has 0 spiro atoms. The minimum absolute atomic E-state index is 0.0734. The van der Waals surface area contributed by atoms with Crippen LogP contribution in [0.25, 0.3) is 5.76 Å². The second-order valence-corrected chi connectivity index (χ2v) is 7.76. The standard InChI is InChI=1S/C21H18Cl3NO5/c1-29-8-7-25-17(11-3-5-13(22)6-4-11)16(19(27)21(25)28)18(26)12-9-14(23)20(30-2)15(24)10-12/h3-6,9-10,17,26H,7-8H2,1-2H3/b18-16+. The number of methoxy groups -OCH3 is 2. The fourth-order valence-corrected chi connectivity index (χ4v) is 4.11. The molecule has 158 valence electrons. The first-order valence-corrected chi connectivity index (χ1v) is 9.99. The molecule has 1 aliphatic rings. The number of hydrogen-bond donors (Lipinski definition) is 1. The van der Waals surface area contributed by atoms with Crippen LogP contribution in [0.3, 0.4) is 0 Å². The van der Waals surface area contributed by atoms with Crippen molar-refractivity contribution in [2.24, 2.45) is 0 Å². The maximum atomic E-state index is 12.9. The van der Waals surface area contributed by atoms with E-state index in [0.29, 0.717) is 10.6 Å². The highest BCUT2D eigenvalue weighted by molar-refractivity contribution is 6.46. The third kappa shape index (κ3) is 4.14. The molecular weight excluding hydrogens is 453 g/mol. The molecule has 0 aromatic heterocycles. The molecule has 6 nitrogen and oxygen atoms in total. The van der Waals surface area contributed by atoms with E-state index in [1.54, 1.807) is 24.3 Å². The van der Waals surface area contributed by atoms with Crippen LogP contribution in [-0.2, 0) is 14.3 Å². The summed E-state index contributed by atoms with van der Waals surface area (Å²) in [5, 5.41) is 11.8. The van der Waals surface area contributed by atoms with Gasteiger partial charge in [0.15, 0.2) is 5.75 Å². The lowest BCUT2D eigenvalue weighted by Gasteiger charge is -2.25. The molecule has 2 aromatic carbocycles. The summed E-state index contributed by atoms with van der Waals surface area (Å²) < 4.78 is 10.2. The summed E-state index contributed by atoms with van der Waals surface area (Å²) in [4.78, 5) is 26.9. The number of hydrogen-bond acceptors (Lipinski definition) is 5. The lowest BCUT2D eigenvalue weighted by atomic mass is 9.95. The van der Waals surface area contributed by atoms with E-state index in [4.69, 9.17) is 44.3 Å². The Labute approximate surface area is 188 Å². The number of aliphatic hydroxyl groups is 1. The van der Waals surface area contributed by atoms with Crippen molar-refractivity contribution >= 4 is 52.3 Å². The molecule has 0 saturated carbocycles. The van der Waals surface area contributed by atoms with Crippen LogP contribution in [0.5, 0.6) is 5.75 Å². The Morgan fingerprint density at radius 1 is 1.07 bits per heavy atom. The smallest absolute Gasteiger partial charge is 0.295 e. The first-order chi connectivity index (χ1) is 14.3. The molecule has 1 amide bonds. The molecule has 1 aliphatic heterocycles. The van der Waals surface area contributed by atoms with E-state index < -0.39 is 17.7 Å². The van der Waals surface area contributed by atoms with Crippen molar-refractivity contribution in [3.63, 3.8) is 0 Å². The van der Waals surface area contributed by atoms with E-state index in [0.717, 1.165) is 0 Å². The van der Waals surface area contributed by atoms with Gasteiger partial charge in [0.25, 0.3) is 11.7 Å². The number of halogens is 3. The lowest BCUT2D eigenvalue weighted by molar-refractivity contribution is -0.140. The van der Waals surface area contributed by atoms with Gasteiger partial charge in [0, 0.05) is 24.2 Å². The third-order valence-corrected chi connectivity index (χ3v) is 5.55. The van der Waals surface area contributed by atoms with Crippen LogP contribution in [0.4, 0.5) is 0 Å². The van der Waals surface area contributed by atoms with Crippen LogP contribution in [0.1, 0.15) is 17.2 Å². The fraction of sp³-hybridized carbons (Fsp3) is 0.238. The zero-order valence-corrected chi connectivity index (χ0v) is 18.4. The topological polar surface area (TPSA) is 76.1 Å². The van der Waals surface area contributed by atoms with E-state index in [2.05, 4.69) is 0 Å². The van der Waals surface area contributed by atoms with Crippen LogP contribution in [-0.4, -0.2) is 49.1 Å². The van der Waals surface area contributed by atoms with Crippen molar-refractivity contribution in [2.75, 3.05) is 27.4 Å². The molecule has 1 saturated heterocycles. The number of benzene rings is 2. The molecule has 3 rings (SSSR count). The molecule has 0 aliphatic carbocycles. The number of rotatable bonds is 6. The highest BCUT2D eigenvalue weighted by Gasteiger charge is 2.45. The zero-order valence-electron chi connectivity index (χ0n) is 16.1. The van der Waals surface area contributed by atoms with Gasteiger partial charge >= 0.3 is 0 Å². The number of ketones is 1. The number of likely N-dealkylation sites (tertiary alicyclic amines) is 1. The molecule has 1 heterocycles. The van der Waals surface area contributed by atoms with Crippen LogP contribution in [0.15, 0.2) is 42.0 Å².